The molecule has 0 amide bonds. The molecule has 2 heteroatoms. The highest BCUT2D eigenvalue weighted by Crippen LogP contribution is 2.44. The van der Waals surface area contributed by atoms with Gasteiger partial charge < -0.3 is 9.32 Å². The number of rotatable bonds is 5. The van der Waals surface area contributed by atoms with Crippen LogP contribution in [0.25, 0.3) is 44.2 Å². The van der Waals surface area contributed by atoms with Crippen molar-refractivity contribution in [2.45, 2.75) is 0 Å². The third kappa shape index (κ3) is 3.93. The summed E-state index contributed by atoms with van der Waals surface area (Å²) in [5.74, 6) is 0. The van der Waals surface area contributed by atoms with Crippen molar-refractivity contribution in [3.8, 4) is 22.3 Å². The Hall–Kier alpha value is -5.08. The Bertz CT molecular complexity index is 1840. The molecule has 7 aromatic rings. The van der Waals surface area contributed by atoms with E-state index in [0.29, 0.717) is 0 Å². The predicted octanol–water partition coefficient (Wildman–Crippen LogP) is 10.4. The van der Waals surface area contributed by atoms with Gasteiger partial charge in [0.2, 0.25) is 0 Å². The third-order valence-electron chi connectivity index (χ3n) is 7.07. The van der Waals surface area contributed by atoms with Crippen LogP contribution in [0.5, 0.6) is 0 Å². The molecule has 1 aromatic heterocycles. The number of benzene rings is 6. The molecular weight excluding hydrogens is 462 g/mol. The number of nitrogens with zero attached hydrogens (tertiary/aromatic N) is 1. The molecule has 2 nitrogen and oxygen atoms in total. The third-order valence-corrected chi connectivity index (χ3v) is 7.07. The summed E-state index contributed by atoms with van der Waals surface area (Å²) in [6.45, 7) is 0. The van der Waals surface area contributed by atoms with Crippen molar-refractivity contribution in [2.75, 3.05) is 4.90 Å². The van der Waals surface area contributed by atoms with E-state index in [0.717, 1.165) is 50.1 Å². The summed E-state index contributed by atoms with van der Waals surface area (Å²) in [5.41, 5.74) is 9.74. The van der Waals surface area contributed by atoms with Crippen molar-refractivity contribution >= 4 is 39.0 Å². The molecule has 0 aliphatic carbocycles. The fourth-order valence-electron chi connectivity index (χ4n) is 5.23. The van der Waals surface area contributed by atoms with Gasteiger partial charge in [-0.15, -0.1) is 0 Å². The maximum absolute atomic E-state index is 6.36. The van der Waals surface area contributed by atoms with Gasteiger partial charge in [-0.25, -0.2) is 0 Å². The second-order valence-corrected chi connectivity index (χ2v) is 9.41. The minimum absolute atomic E-state index is 0.878. The molecule has 0 bridgehead atoms. The number of furan rings is 1. The van der Waals surface area contributed by atoms with Crippen molar-refractivity contribution in [3.05, 3.63) is 152 Å². The van der Waals surface area contributed by atoms with E-state index in [1.54, 1.807) is 0 Å². The molecule has 0 aliphatic heterocycles. The predicted molar refractivity (Wildman–Crippen MR) is 159 cm³/mol. The summed E-state index contributed by atoms with van der Waals surface area (Å²) in [6, 6.07) is 53.2. The van der Waals surface area contributed by atoms with Gasteiger partial charge in [-0.2, -0.15) is 0 Å². The van der Waals surface area contributed by atoms with Crippen LogP contribution in [0.3, 0.4) is 0 Å². The zero-order valence-electron chi connectivity index (χ0n) is 20.8. The van der Waals surface area contributed by atoms with Crippen LogP contribution in [0.2, 0.25) is 0 Å². The van der Waals surface area contributed by atoms with Crippen LogP contribution in [-0.4, -0.2) is 0 Å². The maximum atomic E-state index is 6.36. The first kappa shape index (κ1) is 22.1. The monoisotopic (exact) mass is 487 g/mol. The normalized spacial score (nSPS) is 11.2. The molecule has 0 radical (unpaired) electrons. The second kappa shape index (κ2) is 9.42. The van der Waals surface area contributed by atoms with E-state index >= 15 is 0 Å². The number of hydrogen-bond acceptors (Lipinski definition) is 2. The molecule has 0 N–H and O–H groups in total. The van der Waals surface area contributed by atoms with Crippen molar-refractivity contribution in [2.24, 2.45) is 0 Å². The van der Waals surface area contributed by atoms with E-state index < -0.39 is 0 Å². The quantitative estimate of drug-likeness (QED) is 0.240. The summed E-state index contributed by atoms with van der Waals surface area (Å²) < 4.78 is 6.36. The molecule has 7 rings (SSSR count). The van der Waals surface area contributed by atoms with E-state index in [9.17, 15) is 0 Å². The molecule has 1 heterocycles. The topological polar surface area (TPSA) is 16.4 Å². The van der Waals surface area contributed by atoms with Gasteiger partial charge in [-0.05, 0) is 53.1 Å². The van der Waals surface area contributed by atoms with Crippen LogP contribution >= 0.6 is 0 Å². The first-order valence-corrected chi connectivity index (χ1v) is 12.9. The van der Waals surface area contributed by atoms with Crippen molar-refractivity contribution in [1.29, 1.82) is 0 Å². The molecule has 0 spiro atoms. The van der Waals surface area contributed by atoms with E-state index in [2.05, 4.69) is 138 Å². The first-order valence-electron chi connectivity index (χ1n) is 12.9. The lowest BCUT2D eigenvalue weighted by molar-refractivity contribution is 0.669. The van der Waals surface area contributed by atoms with E-state index in [1.807, 2.05) is 18.2 Å². The van der Waals surface area contributed by atoms with Crippen LogP contribution in [-0.2, 0) is 0 Å². The summed E-state index contributed by atoms with van der Waals surface area (Å²) in [4.78, 5) is 2.32. The lowest BCUT2D eigenvalue weighted by atomic mass is 9.98. The Balaban J connectivity index is 1.47. The molecule has 0 fully saturated rings. The Labute approximate surface area is 222 Å². The highest BCUT2D eigenvalue weighted by atomic mass is 16.3. The number of anilines is 3. The van der Waals surface area contributed by atoms with Gasteiger partial charge in [-0.1, -0.05) is 109 Å². The maximum Gasteiger partial charge on any atom is 0.137 e. The average Bonchev–Trinajstić information content (AvgIpc) is 3.36. The van der Waals surface area contributed by atoms with Crippen LogP contribution in [0.15, 0.2) is 156 Å². The van der Waals surface area contributed by atoms with Crippen LogP contribution in [0, 0.1) is 0 Å². The fourth-order valence-corrected chi connectivity index (χ4v) is 5.23. The zero-order valence-corrected chi connectivity index (χ0v) is 20.8. The number of hydrogen-bond donors (Lipinski definition) is 0. The van der Waals surface area contributed by atoms with Gasteiger partial charge in [0.05, 0.1) is 5.69 Å². The lowest BCUT2D eigenvalue weighted by Gasteiger charge is -2.28. The molecular formula is C36H25NO. The van der Waals surface area contributed by atoms with Gasteiger partial charge in [0, 0.05) is 33.8 Å². The number of fused-ring (bicyclic) bond motifs is 3. The largest absolute Gasteiger partial charge is 0.456 e. The molecule has 0 saturated heterocycles. The summed E-state index contributed by atoms with van der Waals surface area (Å²) >= 11 is 0. The van der Waals surface area contributed by atoms with Crippen LogP contribution < -0.4 is 4.90 Å². The molecule has 6 aromatic carbocycles. The Morgan fingerprint density at radius 2 is 0.947 bits per heavy atom. The molecule has 0 aliphatic rings. The minimum atomic E-state index is 0.878. The Morgan fingerprint density at radius 3 is 1.66 bits per heavy atom. The molecule has 38 heavy (non-hydrogen) atoms. The van der Waals surface area contributed by atoms with E-state index in [1.165, 1.54) is 11.1 Å². The van der Waals surface area contributed by atoms with Crippen molar-refractivity contribution in [1.82, 2.24) is 0 Å². The Kier molecular flexibility index (Phi) is 5.49. The van der Waals surface area contributed by atoms with Gasteiger partial charge in [-0.3, -0.25) is 0 Å². The van der Waals surface area contributed by atoms with Crippen molar-refractivity contribution < 1.29 is 4.42 Å². The minimum Gasteiger partial charge on any atom is -0.456 e. The first-order chi connectivity index (χ1) is 18.8. The van der Waals surface area contributed by atoms with E-state index in [-0.39, 0.29) is 0 Å². The smallest absolute Gasteiger partial charge is 0.137 e. The molecule has 0 saturated carbocycles. The molecule has 0 unspecified atom stereocenters. The second-order valence-electron chi connectivity index (χ2n) is 9.41. The van der Waals surface area contributed by atoms with Gasteiger partial charge in [0.25, 0.3) is 0 Å². The van der Waals surface area contributed by atoms with Crippen molar-refractivity contribution in [3.63, 3.8) is 0 Å². The summed E-state index contributed by atoms with van der Waals surface area (Å²) in [6.07, 6.45) is 0. The van der Waals surface area contributed by atoms with Crippen LogP contribution in [0.4, 0.5) is 17.1 Å². The summed E-state index contributed by atoms with van der Waals surface area (Å²) in [7, 11) is 0. The fraction of sp³-hybridized carbons (Fsp3) is 0. The number of para-hydroxylation sites is 2. The molecule has 180 valence electrons. The van der Waals surface area contributed by atoms with Gasteiger partial charge in [0.15, 0.2) is 0 Å². The van der Waals surface area contributed by atoms with Gasteiger partial charge in [0.1, 0.15) is 11.2 Å². The highest BCUT2D eigenvalue weighted by molar-refractivity contribution is 6.09. The standard InChI is InChI=1S/C36H25NO/c1-4-12-26(13-5-1)27-20-22-30(23-21-27)37(29-16-8-3-9-17-29)34-25-36-33(31-18-10-11-19-35(31)38-36)24-32(34)28-14-6-2-7-15-28/h1-25H. The summed E-state index contributed by atoms with van der Waals surface area (Å²) in [5, 5.41) is 2.25. The molecule has 0 atom stereocenters. The zero-order chi connectivity index (χ0) is 25.3. The van der Waals surface area contributed by atoms with E-state index in [4.69, 9.17) is 4.42 Å². The lowest BCUT2D eigenvalue weighted by Crippen LogP contribution is -2.11. The Morgan fingerprint density at radius 1 is 0.395 bits per heavy atom. The van der Waals surface area contributed by atoms with Gasteiger partial charge >= 0.3 is 0 Å². The average molecular weight is 488 g/mol. The van der Waals surface area contributed by atoms with Crippen LogP contribution in [0.1, 0.15) is 0 Å². The highest BCUT2D eigenvalue weighted by Gasteiger charge is 2.20. The SMILES string of the molecule is c1ccc(-c2ccc(N(c3ccccc3)c3cc4oc5ccccc5c4cc3-c3ccccc3)cc2)cc1.